The first-order chi connectivity index (χ1) is 15.2. The number of aromatic hydroxyl groups is 1. The van der Waals surface area contributed by atoms with Gasteiger partial charge in [-0.3, -0.25) is 0 Å². The highest BCUT2D eigenvalue weighted by Crippen LogP contribution is 2.30. The van der Waals surface area contributed by atoms with Crippen molar-refractivity contribution < 1.29 is 19.1 Å². The van der Waals surface area contributed by atoms with Crippen LogP contribution >= 0.6 is 0 Å². The third-order valence-electron chi connectivity index (χ3n) is 5.07. The zero-order valence-corrected chi connectivity index (χ0v) is 17.0. The Morgan fingerprint density at radius 3 is 2.77 bits per heavy atom. The molecule has 0 saturated carbocycles. The molecule has 1 fully saturated rings. The Bertz CT molecular complexity index is 1220. The molecule has 9 heteroatoms. The summed E-state index contributed by atoms with van der Waals surface area (Å²) in [4.78, 5) is 16.4. The molecule has 3 aromatic heterocycles. The van der Waals surface area contributed by atoms with E-state index in [1.807, 2.05) is 18.2 Å². The highest BCUT2D eigenvalue weighted by molar-refractivity contribution is 5.90. The second-order valence-electron chi connectivity index (χ2n) is 7.22. The minimum absolute atomic E-state index is 0.161. The lowest BCUT2D eigenvalue weighted by molar-refractivity contribution is 0.122. The van der Waals surface area contributed by atoms with Crippen LogP contribution in [0.15, 0.2) is 47.1 Å². The summed E-state index contributed by atoms with van der Waals surface area (Å²) in [5, 5.41) is 14.0. The maximum atomic E-state index is 9.92. The summed E-state index contributed by atoms with van der Waals surface area (Å²) in [5.74, 6) is 2.06. The van der Waals surface area contributed by atoms with Gasteiger partial charge in [-0.1, -0.05) is 17.3 Å². The second kappa shape index (κ2) is 8.29. The summed E-state index contributed by atoms with van der Waals surface area (Å²) in [6.45, 7) is 3.05. The third kappa shape index (κ3) is 3.92. The van der Waals surface area contributed by atoms with Crippen molar-refractivity contribution in [3.63, 3.8) is 0 Å². The van der Waals surface area contributed by atoms with Crippen LogP contribution in [-0.2, 0) is 16.1 Å². The lowest BCUT2D eigenvalue weighted by Crippen LogP contribution is -2.37. The molecule has 9 nitrogen and oxygen atoms in total. The lowest BCUT2D eigenvalue weighted by atomic mass is 10.1. The van der Waals surface area contributed by atoms with Crippen molar-refractivity contribution in [3.8, 4) is 28.4 Å². The predicted molar refractivity (Wildman–Crippen MR) is 114 cm³/mol. The maximum Gasteiger partial charge on any atom is 0.162 e. The van der Waals surface area contributed by atoms with Gasteiger partial charge in [0.05, 0.1) is 18.7 Å². The summed E-state index contributed by atoms with van der Waals surface area (Å²) in [7, 11) is 1.60. The van der Waals surface area contributed by atoms with E-state index >= 15 is 0 Å². The van der Waals surface area contributed by atoms with Crippen LogP contribution in [0.4, 0.5) is 5.82 Å². The van der Waals surface area contributed by atoms with Crippen LogP contribution in [0.2, 0.25) is 0 Å². The van der Waals surface area contributed by atoms with Gasteiger partial charge in [-0.25, -0.2) is 15.0 Å². The highest BCUT2D eigenvalue weighted by atomic mass is 16.5. The van der Waals surface area contributed by atoms with Crippen molar-refractivity contribution in [2.24, 2.45) is 0 Å². The average Bonchev–Trinajstić information content (AvgIpc) is 3.27. The smallest absolute Gasteiger partial charge is 0.162 e. The van der Waals surface area contributed by atoms with Crippen molar-refractivity contribution in [1.82, 2.24) is 20.1 Å². The number of morpholine rings is 1. The van der Waals surface area contributed by atoms with Crippen LogP contribution in [0.25, 0.3) is 33.7 Å². The van der Waals surface area contributed by atoms with E-state index in [0.717, 1.165) is 30.0 Å². The Labute approximate surface area is 178 Å². The number of hydrogen-bond acceptors (Lipinski definition) is 9. The summed E-state index contributed by atoms with van der Waals surface area (Å²) < 4.78 is 15.9. The third-order valence-corrected chi connectivity index (χ3v) is 5.07. The van der Waals surface area contributed by atoms with Crippen LogP contribution in [0.1, 0.15) is 5.76 Å². The number of rotatable bonds is 5. The van der Waals surface area contributed by atoms with Crippen molar-refractivity contribution in [2.45, 2.75) is 6.61 Å². The Morgan fingerprint density at radius 2 is 1.97 bits per heavy atom. The van der Waals surface area contributed by atoms with Gasteiger partial charge >= 0.3 is 0 Å². The van der Waals surface area contributed by atoms with E-state index in [1.54, 1.807) is 31.5 Å². The van der Waals surface area contributed by atoms with E-state index in [1.165, 1.54) is 0 Å². The summed E-state index contributed by atoms with van der Waals surface area (Å²) in [5.41, 5.74) is 3.56. The second-order valence-corrected chi connectivity index (χ2v) is 7.22. The van der Waals surface area contributed by atoms with Gasteiger partial charge in [-0.15, -0.1) is 0 Å². The van der Waals surface area contributed by atoms with Crippen LogP contribution in [0, 0.1) is 0 Å². The van der Waals surface area contributed by atoms with Crippen molar-refractivity contribution in [3.05, 3.63) is 48.4 Å². The summed E-state index contributed by atoms with van der Waals surface area (Å²) in [6, 6.07) is 10.7. The number of benzene rings is 1. The number of phenolic OH excluding ortho intramolecular Hbond substituents is 1. The number of pyridine rings is 1. The van der Waals surface area contributed by atoms with Crippen LogP contribution in [-0.4, -0.2) is 58.6 Å². The monoisotopic (exact) mass is 419 g/mol. The van der Waals surface area contributed by atoms with Gasteiger partial charge in [0, 0.05) is 43.6 Å². The molecule has 0 amide bonds. The molecule has 1 aliphatic rings. The lowest BCUT2D eigenvalue weighted by Gasteiger charge is -2.28. The molecule has 0 unspecified atom stereocenters. The van der Waals surface area contributed by atoms with E-state index in [0.29, 0.717) is 48.1 Å². The Balaban J connectivity index is 1.64. The van der Waals surface area contributed by atoms with Crippen LogP contribution in [0.3, 0.4) is 0 Å². The van der Waals surface area contributed by atoms with E-state index in [4.69, 9.17) is 24.0 Å². The topological polar surface area (TPSA) is 107 Å². The molecule has 31 heavy (non-hydrogen) atoms. The molecule has 0 aliphatic carbocycles. The number of phenols is 1. The fourth-order valence-corrected chi connectivity index (χ4v) is 3.57. The van der Waals surface area contributed by atoms with Gasteiger partial charge in [0.2, 0.25) is 0 Å². The molecule has 5 rings (SSSR count). The summed E-state index contributed by atoms with van der Waals surface area (Å²) in [6.07, 6.45) is 1.75. The van der Waals surface area contributed by atoms with Gasteiger partial charge < -0.3 is 24.0 Å². The minimum atomic E-state index is 0.161. The van der Waals surface area contributed by atoms with E-state index in [-0.39, 0.29) is 5.75 Å². The Hall–Kier alpha value is -3.56. The van der Waals surface area contributed by atoms with Crippen molar-refractivity contribution in [2.75, 3.05) is 38.3 Å². The highest BCUT2D eigenvalue weighted by Gasteiger charge is 2.20. The SMILES string of the molecule is COCc1cc(-c2cnc3c(N4CCOCC4)nc(-c4cccc(O)c4)nc3c2)no1. The van der Waals surface area contributed by atoms with Crippen LogP contribution in [0.5, 0.6) is 5.75 Å². The molecule has 158 valence electrons. The van der Waals surface area contributed by atoms with Gasteiger partial charge in [-0.2, -0.15) is 0 Å². The molecule has 4 heterocycles. The fraction of sp³-hybridized carbons (Fsp3) is 0.273. The Kier molecular flexibility index (Phi) is 5.19. The predicted octanol–water partition coefficient (Wildman–Crippen LogP) is 3.04. The molecule has 1 aromatic carbocycles. The minimum Gasteiger partial charge on any atom is -0.508 e. The number of aromatic nitrogens is 4. The van der Waals surface area contributed by atoms with Gasteiger partial charge in [-0.05, 0) is 18.2 Å². The normalized spacial score (nSPS) is 14.3. The van der Waals surface area contributed by atoms with E-state index in [2.05, 4.69) is 15.0 Å². The van der Waals surface area contributed by atoms with Gasteiger partial charge in [0.25, 0.3) is 0 Å². The van der Waals surface area contributed by atoms with Crippen molar-refractivity contribution in [1.29, 1.82) is 0 Å². The first kappa shape index (κ1) is 19.4. The Morgan fingerprint density at radius 1 is 1.10 bits per heavy atom. The molecule has 1 saturated heterocycles. The molecular formula is C22H21N5O4. The average molecular weight is 419 g/mol. The molecule has 1 aliphatic heterocycles. The van der Waals surface area contributed by atoms with Crippen molar-refractivity contribution >= 4 is 16.9 Å². The molecule has 4 aromatic rings. The first-order valence-corrected chi connectivity index (χ1v) is 9.96. The number of ether oxygens (including phenoxy) is 2. The first-order valence-electron chi connectivity index (χ1n) is 9.96. The zero-order chi connectivity index (χ0) is 21.2. The van der Waals surface area contributed by atoms with E-state index < -0.39 is 0 Å². The number of fused-ring (bicyclic) bond motifs is 1. The zero-order valence-electron chi connectivity index (χ0n) is 17.0. The number of hydrogen-bond donors (Lipinski definition) is 1. The molecule has 0 spiro atoms. The molecule has 0 atom stereocenters. The molecule has 1 N–H and O–H groups in total. The van der Waals surface area contributed by atoms with Gasteiger partial charge in [0.1, 0.15) is 23.6 Å². The number of nitrogens with zero attached hydrogens (tertiary/aromatic N) is 5. The number of anilines is 1. The maximum absolute atomic E-state index is 9.92. The molecule has 0 bridgehead atoms. The molecular weight excluding hydrogens is 398 g/mol. The molecule has 0 radical (unpaired) electrons. The van der Waals surface area contributed by atoms with E-state index in [9.17, 15) is 5.11 Å². The van der Waals surface area contributed by atoms with Crippen LogP contribution < -0.4 is 4.90 Å². The largest absolute Gasteiger partial charge is 0.508 e. The standard InChI is InChI=1S/C22H21N5O4/c1-29-13-17-11-18(26-31-17)15-10-19-20(23-12-15)22(27-5-7-30-8-6-27)25-21(24-19)14-3-2-4-16(28)9-14/h2-4,9-12,28H,5-8,13H2,1H3. The number of methoxy groups -OCH3 is 1. The quantitative estimate of drug-likeness (QED) is 0.522. The fourth-order valence-electron chi connectivity index (χ4n) is 3.57. The summed E-state index contributed by atoms with van der Waals surface area (Å²) >= 11 is 0. The van der Waals surface area contributed by atoms with Gasteiger partial charge in [0.15, 0.2) is 17.4 Å².